The molecule has 11 unspecified atom stereocenters. The summed E-state index contributed by atoms with van der Waals surface area (Å²) in [6.45, 7) is 3.26. The van der Waals surface area contributed by atoms with Gasteiger partial charge in [0, 0.05) is 12.1 Å². The number of carbonyl (C=O) groups excluding carboxylic acids is 2. The van der Waals surface area contributed by atoms with Crippen LogP contribution in [0.5, 0.6) is 28.7 Å². The summed E-state index contributed by atoms with van der Waals surface area (Å²) in [4.78, 5) is 35.9. The second-order valence-corrected chi connectivity index (χ2v) is 18.8. The van der Waals surface area contributed by atoms with Gasteiger partial charge in [-0.25, -0.2) is 0 Å². The zero-order chi connectivity index (χ0) is 51.1. The Morgan fingerprint density at radius 3 is 2.01 bits per heavy atom. The van der Waals surface area contributed by atoms with E-state index in [1.54, 1.807) is 6.07 Å². The zero-order valence-electron chi connectivity index (χ0n) is 38.9. The highest BCUT2D eigenvalue weighted by atomic mass is 17.3. The van der Waals surface area contributed by atoms with E-state index in [2.05, 4.69) is 0 Å². The standard InChI is InChI=1S/C45H62O25/c1-17-31(52)33(54)37(58)42(61-17)60-16-29-41(69-70-43(66-29)62-19-10-22(50)30-23(51)12-25(63-26(30)11-19)18-7-8-24(59-6)21(49)9-18)68-45(4,5)40-36(57)34(55)38(28(15-48)65-40)67-44(2,3)39-35(56)32(53)20(13-46)27(14-47)64-39/h7-11,13,17,20,25,27-29,31-43,47-50,52-58H,12,14-16H2,1-6H3/t17?,20-,25?,27?,28?,29?,31+,32?,33?,34?,35?,36?,37?,38+,39-,40-,41-,42-,43-/m1/s1. The Morgan fingerprint density at radius 1 is 0.714 bits per heavy atom. The summed E-state index contributed by atoms with van der Waals surface area (Å²) in [5, 5.41) is 118. The number of Topliss-reactive ketones (excluding diaryl/α,β-unsaturated/α-hetero) is 1. The summed E-state index contributed by atoms with van der Waals surface area (Å²) in [6, 6.07) is 6.84. The second kappa shape index (κ2) is 21.6. The van der Waals surface area contributed by atoms with Crippen molar-refractivity contribution in [3.05, 3.63) is 41.5 Å². The maximum Gasteiger partial charge on any atom is 0.344 e. The molecule has 0 saturated carbocycles. The van der Waals surface area contributed by atoms with Gasteiger partial charge in [-0.1, -0.05) is 6.07 Å². The molecule has 11 N–H and O–H groups in total. The number of benzene rings is 2. The van der Waals surface area contributed by atoms with Crippen molar-refractivity contribution >= 4 is 12.1 Å². The maximum atomic E-state index is 13.2. The van der Waals surface area contributed by atoms with E-state index in [1.807, 2.05) is 0 Å². The SMILES string of the molecule is COc1ccc(C2CC(=O)c3c(O)cc(O[C@H]4OO[C@@H](OC(C)(C)[C@@H]5OC(CO)[C@H](OC(C)(C)[C@@H]6OC(CO)[C@@H](C=O)C(O)C6O)C(O)C5O)C(CO[C@@H]5OC(C)[C@H](O)C(O)C5O)O4)cc3O2)cc1O. The third-order valence-corrected chi connectivity index (χ3v) is 13.1. The van der Waals surface area contributed by atoms with Gasteiger partial charge in [-0.05, 0) is 52.3 Å². The highest BCUT2D eigenvalue weighted by Crippen LogP contribution is 2.44. The number of methoxy groups -OCH3 is 1. The number of fused-ring (bicyclic) bond motifs is 1. The first-order valence-corrected chi connectivity index (χ1v) is 22.5. The largest absolute Gasteiger partial charge is 0.507 e. The lowest BCUT2D eigenvalue weighted by Crippen LogP contribution is -2.68. The Labute approximate surface area is 400 Å². The Balaban J connectivity index is 1.07. The summed E-state index contributed by atoms with van der Waals surface area (Å²) in [5.74, 6) is -2.49. The van der Waals surface area contributed by atoms with Crippen molar-refractivity contribution in [3.8, 4) is 28.7 Å². The predicted molar refractivity (Wildman–Crippen MR) is 228 cm³/mol. The zero-order valence-corrected chi connectivity index (χ0v) is 38.9. The monoisotopic (exact) mass is 1000 g/mol. The quantitative estimate of drug-likeness (QED) is 0.0624. The lowest BCUT2D eigenvalue weighted by molar-refractivity contribution is -0.539. The molecule has 4 saturated heterocycles. The minimum Gasteiger partial charge on any atom is -0.507 e. The molecule has 5 aliphatic rings. The van der Waals surface area contributed by atoms with Crippen molar-refractivity contribution in [2.24, 2.45) is 5.92 Å². The van der Waals surface area contributed by atoms with Gasteiger partial charge in [0.1, 0.15) is 102 Å². The third kappa shape index (κ3) is 10.9. The van der Waals surface area contributed by atoms with Crippen molar-refractivity contribution in [2.45, 2.75) is 163 Å². The molecule has 0 amide bonds. The molecule has 4 fully saturated rings. The van der Waals surface area contributed by atoms with Gasteiger partial charge in [-0.3, -0.25) is 4.79 Å². The molecule has 0 aromatic heterocycles. The topological polar surface area (TPSA) is 367 Å². The molecular weight excluding hydrogens is 940 g/mol. The fourth-order valence-electron chi connectivity index (χ4n) is 9.17. The molecule has 2 aromatic rings. The fourth-order valence-corrected chi connectivity index (χ4v) is 9.17. The van der Waals surface area contributed by atoms with Crippen LogP contribution in [0.2, 0.25) is 0 Å². The van der Waals surface area contributed by atoms with Crippen LogP contribution in [-0.2, 0) is 47.7 Å². The smallest absolute Gasteiger partial charge is 0.344 e. The Morgan fingerprint density at radius 2 is 1.37 bits per heavy atom. The van der Waals surface area contributed by atoms with E-state index in [9.17, 15) is 65.8 Å². The van der Waals surface area contributed by atoms with Gasteiger partial charge in [0.2, 0.25) is 6.29 Å². The van der Waals surface area contributed by atoms with Crippen molar-refractivity contribution in [1.82, 2.24) is 0 Å². The average molecular weight is 1000 g/mol. The molecule has 0 radical (unpaired) electrons. The number of ketones is 1. The molecule has 392 valence electrons. The minimum absolute atomic E-state index is 0.0863. The van der Waals surface area contributed by atoms with Crippen LogP contribution in [0.1, 0.15) is 63.1 Å². The van der Waals surface area contributed by atoms with E-state index >= 15 is 0 Å². The van der Waals surface area contributed by atoms with E-state index in [1.165, 1.54) is 59.9 Å². The number of aromatic hydroxyl groups is 2. The van der Waals surface area contributed by atoms with Crippen LogP contribution in [0.15, 0.2) is 30.3 Å². The number of aliphatic hydroxyl groups is 9. The van der Waals surface area contributed by atoms with Gasteiger partial charge in [0.15, 0.2) is 23.6 Å². The Kier molecular flexibility index (Phi) is 16.7. The fraction of sp³-hybridized carbons (Fsp3) is 0.689. The highest BCUT2D eigenvalue weighted by molar-refractivity contribution is 6.02. The number of rotatable bonds is 16. The van der Waals surface area contributed by atoms with Gasteiger partial charge in [0.05, 0.1) is 68.8 Å². The average Bonchev–Trinajstić information content (AvgIpc) is 3.31. The van der Waals surface area contributed by atoms with Crippen LogP contribution in [0.3, 0.4) is 0 Å². The van der Waals surface area contributed by atoms with E-state index in [4.69, 9.17) is 57.1 Å². The number of aldehydes is 1. The summed E-state index contributed by atoms with van der Waals surface area (Å²) >= 11 is 0. The molecule has 19 atom stereocenters. The molecule has 0 spiro atoms. The third-order valence-electron chi connectivity index (χ3n) is 13.1. The molecule has 0 aliphatic carbocycles. The predicted octanol–water partition coefficient (Wildman–Crippen LogP) is -2.27. The van der Waals surface area contributed by atoms with E-state index in [0.717, 1.165) is 6.07 Å². The molecular formula is C45H62O25. The lowest BCUT2D eigenvalue weighted by Gasteiger charge is -2.52. The number of hydrogen-bond donors (Lipinski definition) is 11. The first-order valence-electron chi connectivity index (χ1n) is 22.5. The van der Waals surface area contributed by atoms with E-state index in [-0.39, 0.29) is 35.0 Å². The van der Waals surface area contributed by atoms with Crippen LogP contribution in [0.25, 0.3) is 0 Å². The first kappa shape index (κ1) is 53.8. The summed E-state index contributed by atoms with van der Waals surface area (Å²) in [5.41, 5.74) is -3.06. The van der Waals surface area contributed by atoms with Crippen molar-refractivity contribution in [2.75, 3.05) is 26.9 Å². The molecule has 25 heteroatoms. The summed E-state index contributed by atoms with van der Waals surface area (Å²) < 4.78 is 58.8. The molecule has 5 heterocycles. The number of hydrogen-bond acceptors (Lipinski definition) is 25. The molecule has 70 heavy (non-hydrogen) atoms. The van der Waals surface area contributed by atoms with Crippen LogP contribution in [0, 0.1) is 5.92 Å². The maximum absolute atomic E-state index is 13.2. The summed E-state index contributed by atoms with van der Waals surface area (Å²) in [7, 11) is 1.38. The van der Waals surface area contributed by atoms with E-state index in [0.29, 0.717) is 11.8 Å². The molecule has 2 aromatic carbocycles. The van der Waals surface area contributed by atoms with E-state index < -0.39 is 159 Å². The number of phenolic OH excluding ortho intramolecular Hbond substituents is 2. The van der Waals surface area contributed by atoms with Crippen LogP contribution in [-0.4, -0.2) is 211 Å². The van der Waals surface area contributed by atoms with Gasteiger partial charge in [-0.15, -0.1) is 0 Å². The molecule has 5 aliphatic heterocycles. The number of ether oxygens (including phenoxy) is 10. The number of phenols is 2. The van der Waals surface area contributed by atoms with Gasteiger partial charge < -0.3 is 108 Å². The van der Waals surface area contributed by atoms with Crippen LogP contribution in [0.4, 0.5) is 0 Å². The minimum atomic E-state index is -1.84. The Hall–Kier alpha value is -3.94. The van der Waals surface area contributed by atoms with Crippen LogP contribution < -0.4 is 14.2 Å². The van der Waals surface area contributed by atoms with Crippen molar-refractivity contribution < 1.29 is 123 Å². The van der Waals surface area contributed by atoms with Gasteiger partial charge in [-0.2, -0.15) is 9.78 Å². The normalized spacial score (nSPS) is 38.3. The van der Waals surface area contributed by atoms with Gasteiger partial charge in [0.25, 0.3) is 0 Å². The number of carbonyl (C=O) groups is 2. The second-order valence-electron chi connectivity index (χ2n) is 18.8. The lowest BCUT2D eigenvalue weighted by atomic mass is 9.82. The van der Waals surface area contributed by atoms with Crippen molar-refractivity contribution in [3.63, 3.8) is 0 Å². The molecule has 0 bridgehead atoms. The van der Waals surface area contributed by atoms with Crippen LogP contribution >= 0.6 is 0 Å². The van der Waals surface area contributed by atoms with Gasteiger partial charge >= 0.3 is 6.48 Å². The molecule has 25 nitrogen and oxygen atoms in total. The van der Waals surface area contributed by atoms with Crippen molar-refractivity contribution in [1.29, 1.82) is 0 Å². The number of aliphatic hydroxyl groups excluding tert-OH is 9. The Bertz CT molecular complexity index is 2120. The molecule has 7 rings (SSSR count). The first-order chi connectivity index (χ1) is 33.0. The highest BCUT2D eigenvalue weighted by Gasteiger charge is 2.57. The summed E-state index contributed by atoms with van der Waals surface area (Å²) in [6.07, 6.45) is -25.3.